The third-order valence-electron chi connectivity index (χ3n) is 5.11. The SMILES string of the molecule is CCCCCCCCCCCCCCCCCCOC(O)CCCC. The van der Waals surface area contributed by atoms with Crippen LogP contribution in [-0.2, 0) is 4.74 Å². The van der Waals surface area contributed by atoms with Crippen molar-refractivity contribution < 1.29 is 9.84 Å². The molecule has 0 aromatic carbocycles. The minimum atomic E-state index is -0.531. The minimum absolute atomic E-state index is 0.531. The smallest absolute Gasteiger partial charge is 0.154 e. The first-order valence-electron chi connectivity index (χ1n) is 11.6. The molecular formula is C23H48O2. The lowest BCUT2D eigenvalue weighted by Gasteiger charge is -2.11. The van der Waals surface area contributed by atoms with E-state index in [1.54, 1.807) is 0 Å². The van der Waals surface area contributed by atoms with Gasteiger partial charge in [0.15, 0.2) is 6.29 Å². The highest BCUT2D eigenvalue weighted by Gasteiger charge is 2.02. The van der Waals surface area contributed by atoms with Crippen molar-refractivity contribution >= 4 is 0 Å². The summed E-state index contributed by atoms with van der Waals surface area (Å²) in [5.41, 5.74) is 0. The summed E-state index contributed by atoms with van der Waals surface area (Å²) >= 11 is 0. The second-order valence-corrected chi connectivity index (χ2v) is 7.77. The predicted molar refractivity (Wildman–Crippen MR) is 111 cm³/mol. The molecule has 25 heavy (non-hydrogen) atoms. The monoisotopic (exact) mass is 356 g/mol. The minimum Gasteiger partial charge on any atom is -0.368 e. The van der Waals surface area contributed by atoms with Gasteiger partial charge in [-0.15, -0.1) is 0 Å². The molecule has 0 radical (unpaired) electrons. The molecule has 1 atom stereocenters. The van der Waals surface area contributed by atoms with E-state index < -0.39 is 6.29 Å². The highest BCUT2D eigenvalue weighted by atomic mass is 16.6. The van der Waals surface area contributed by atoms with Gasteiger partial charge in [-0.05, 0) is 19.3 Å². The Morgan fingerprint density at radius 1 is 0.520 bits per heavy atom. The number of aliphatic hydroxyl groups excluding tert-OH is 1. The van der Waals surface area contributed by atoms with E-state index in [9.17, 15) is 5.11 Å². The fourth-order valence-electron chi connectivity index (χ4n) is 3.33. The normalized spacial score (nSPS) is 12.6. The van der Waals surface area contributed by atoms with Crippen molar-refractivity contribution in [2.24, 2.45) is 0 Å². The molecule has 0 heterocycles. The summed E-state index contributed by atoms with van der Waals surface area (Å²) in [5, 5.41) is 9.58. The van der Waals surface area contributed by atoms with Crippen molar-refractivity contribution in [3.63, 3.8) is 0 Å². The molecule has 152 valence electrons. The third-order valence-corrected chi connectivity index (χ3v) is 5.11. The highest BCUT2D eigenvalue weighted by molar-refractivity contribution is 4.50. The molecule has 0 aliphatic carbocycles. The van der Waals surface area contributed by atoms with Crippen LogP contribution in [-0.4, -0.2) is 18.0 Å². The summed E-state index contributed by atoms with van der Waals surface area (Å²) in [7, 11) is 0. The number of hydrogen-bond donors (Lipinski definition) is 1. The molecule has 0 aromatic heterocycles. The van der Waals surface area contributed by atoms with Crippen molar-refractivity contribution in [2.75, 3.05) is 6.61 Å². The van der Waals surface area contributed by atoms with Gasteiger partial charge < -0.3 is 9.84 Å². The lowest BCUT2D eigenvalue weighted by atomic mass is 10.0. The Bertz CT molecular complexity index is 230. The molecular weight excluding hydrogens is 308 g/mol. The van der Waals surface area contributed by atoms with E-state index in [-0.39, 0.29) is 0 Å². The Morgan fingerprint density at radius 3 is 1.28 bits per heavy atom. The summed E-state index contributed by atoms with van der Waals surface area (Å²) in [6, 6.07) is 0. The molecule has 0 spiro atoms. The summed E-state index contributed by atoms with van der Waals surface area (Å²) in [5.74, 6) is 0. The van der Waals surface area contributed by atoms with E-state index in [2.05, 4.69) is 13.8 Å². The van der Waals surface area contributed by atoms with Crippen LogP contribution in [0.2, 0.25) is 0 Å². The zero-order valence-electron chi connectivity index (χ0n) is 17.6. The van der Waals surface area contributed by atoms with Gasteiger partial charge in [-0.2, -0.15) is 0 Å². The maximum absolute atomic E-state index is 9.58. The molecule has 0 fully saturated rings. The van der Waals surface area contributed by atoms with Crippen LogP contribution < -0.4 is 0 Å². The standard InChI is InChI=1S/C23H48O2/c1-3-5-7-8-9-10-11-12-13-14-15-16-17-18-19-20-22-25-23(24)21-6-4-2/h23-24H,3-22H2,1-2H3. The van der Waals surface area contributed by atoms with E-state index in [1.807, 2.05) is 0 Å². The van der Waals surface area contributed by atoms with E-state index in [4.69, 9.17) is 4.74 Å². The molecule has 0 aliphatic rings. The van der Waals surface area contributed by atoms with Gasteiger partial charge >= 0.3 is 0 Å². The molecule has 0 rings (SSSR count). The van der Waals surface area contributed by atoms with Gasteiger partial charge in [0, 0.05) is 6.61 Å². The Morgan fingerprint density at radius 2 is 0.880 bits per heavy atom. The zero-order valence-corrected chi connectivity index (χ0v) is 17.6. The van der Waals surface area contributed by atoms with Crippen LogP contribution in [0.25, 0.3) is 0 Å². The number of rotatable bonds is 21. The largest absolute Gasteiger partial charge is 0.368 e. The van der Waals surface area contributed by atoms with Gasteiger partial charge in [0.05, 0.1) is 0 Å². The molecule has 2 heteroatoms. The molecule has 0 aromatic rings. The van der Waals surface area contributed by atoms with Crippen molar-refractivity contribution in [3.8, 4) is 0 Å². The Balaban J connectivity index is 3.03. The first kappa shape index (κ1) is 24.9. The zero-order chi connectivity index (χ0) is 18.4. The number of hydrogen-bond acceptors (Lipinski definition) is 2. The van der Waals surface area contributed by atoms with Gasteiger partial charge in [-0.25, -0.2) is 0 Å². The average Bonchev–Trinajstić information content (AvgIpc) is 2.62. The average molecular weight is 357 g/mol. The number of unbranched alkanes of at least 4 members (excludes halogenated alkanes) is 16. The van der Waals surface area contributed by atoms with Gasteiger partial charge in [-0.1, -0.05) is 117 Å². The van der Waals surface area contributed by atoms with E-state index in [0.717, 1.165) is 32.3 Å². The predicted octanol–water partition coefficient (Wildman–Crippen LogP) is 7.77. The Hall–Kier alpha value is -0.0800. The maximum atomic E-state index is 9.58. The lowest BCUT2D eigenvalue weighted by Crippen LogP contribution is -2.12. The number of aliphatic hydroxyl groups is 1. The summed E-state index contributed by atoms with van der Waals surface area (Å²) in [4.78, 5) is 0. The van der Waals surface area contributed by atoms with Crippen LogP contribution in [0.3, 0.4) is 0 Å². The Kier molecular flexibility index (Phi) is 21.9. The van der Waals surface area contributed by atoms with Crippen LogP contribution in [0.1, 0.15) is 136 Å². The molecule has 0 saturated carbocycles. The molecule has 1 unspecified atom stereocenters. The highest BCUT2D eigenvalue weighted by Crippen LogP contribution is 2.13. The summed E-state index contributed by atoms with van der Waals surface area (Å²) in [6.07, 6.45) is 24.7. The third kappa shape index (κ3) is 21.9. The van der Waals surface area contributed by atoms with Gasteiger partial charge in [-0.3, -0.25) is 0 Å². The van der Waals surface area contributed by atoms with Gasteiger partial charge in [0.2, 0.25) is 0 Å². The van der Waals surface area contributed by atoms with Gasteiger partial charge in [0.25, 0.3) is 0 Å². The van der Waals surface area contributed by atoms with Crippen molar-refractivity contribution in [1.82, 2.24) is 0 Å². The first-order chi connectivity index (χ1) is 12.3. The fourth-order valence-corrected chi connectivity index (χ4v) is 3.33. The van der Waals surface area contributed by atoms with Crippen molar-refractivity contribution in [2.45, 2.75) is 142 Å². The molecule has 0 bridgehead atoms. The van der Waals surface area contributed by atoms with E-state index >= 15 is 0 Å². The van der Waals surface area contributed by atoms with E-state index in [1.165, 1.54) is 96.3 Å². The molecule has 0 saturated heterocycles. The van der Waals surface area contributed by atoms with Crippen LogP contribution in [0.4, 0.5) is 0 Å². The van der Waals surface area contributed by atoms with Crippen LogP contribution >= 0.6 is 0 Å². The van der Waals surface area contributed by atoms with Gasteiger partial charge in [0.1, 0.15) is 0 Å². The Labute approximate surface area is 159 Å². The van der Waals surface area contributed by atoms with Crippen LogP contribution in [0.15, 0.2) is 0 Å². The molecule has 2 nitrogen and oxygen atoms in total. The van der Waals surface area contributed by atoms with Crippen LogP contribution in [0, 0.1) is 0 Å². The van der Waals surface area contributed by atoms with Crippen LogP contribution in [0.5, 0.6) is 0 Å². The quantitative estimate of drug-likeness (QED) is 0.168. The van der Waals surface area contributed by atoms with Crippen molar-refractivity contribution in [3.05, 3.63) is 0 Å². The maximum Gasteiger partial charge on any atom is 0.154 e. The molecule has 0 amide bonds. The number of ether oxygens (including phenoxy) is 1. The fraction of sp³-hybridized carbons (Fsp3) is 1.00. The first-order valence-corrected chi connectivity index (χ1v) is 11.6. The molecule has 1 N–H and O–H groups in total. The second-order valence-electron chi connectivity index (χ2n) is 7.77. The second kappa shape index (κ2) is 22.0. The summed E-state index contributed by atoms with van der Waals surface area (Å²) < 4.78 is 5.42. The summed E-state index contributed by atoms with van der Waals surface area (Å²) in [6.45, 7) is 5.15. The topological polar surface area (TPSA) is 29.5 Å². The van der Waals surface area contributed by atoms with Crippen molar-refractivity contribution in [1.29, 1.82) is 0 Å². The lowest BCUT2D eigenvalue weighted by molar-refractivity contribution is -0.105. The molecule has 0 aliphatic heterocycles. The van der Waals surface area contributed by atoms with E-state index in [0.29, 0.717) is 0 Å².